The van der Waals surface area contributed by atoms with E-state index in [1.165, 1.54) is 0 Å². The maximum absolute atomic E-state index is 11.7. The van der Waals surface area contributed by atoms with Crippen molar-refractivity contribution in [1.29, 1.82) is 0 Å². The van der Waals surface area contributed by atoms with Crippen molar-refractivity contribution in [2.24, 2.45) is 5.92 Å². The fraction of sp³-hybridized carbons (Fsp3) is 1.00. The average molecular weight is 298 g/mol. The minimum atomic E-state index is -3.28. The molecule has 0 aromatic carbocycles. The van der Waals surface area contributed by atoms with E-state index in [2.05, 4.69) is 10.0 Å². The molecule has 2 N–H and O–H groups in total. The minimum Gasteiger partial charge on any atom is -0.316 e. The molecule has 0 aromatic heterocycles. The van der Waals surface area contributed by atoms with Crippen molar-refractivity contribution < 1.29 is 16.8 Å². The van der Waals surface area contributed by atoms with Crippen LogP contribution in [0.5, 0.6) is 0 Å². The van der Waals surface area contributed by atoms with Crippen LogP contribution in [-0.2, 0) is 19.9 Å². The van der Waals surface area contributed by atoms with Gasteiger partial charge in [-0.2, -0.15) is 0 Å². The van der Waals surface area contributed by atoms with Crippen molar-refractivity contribution in [2.45, 2.75) is 19.3 Å². The summed E-state index contributed by atoms with van der Waals surface area (Å²) in [6.45, 7) is 1.89. The molecule has 0 amide bonds. The highest BCUT2D eigenvalue weighted by Crippen LogP contribution is 2.11. The number of sulfone groups is 1. The van der Waals surface area contributed by atoms with Crippen LogP contribution in [0.2, 0.25) is 0 Å². The lowest BCUT2D eigenvalue weighted by molar-refractivity contribution is 0.402. The highest BCUT2D eigenvalue weighted by Gasteiger charge is 2.20. The molecule has 108 valence electrons. The van der Waals surface area contributed by atoms with Gasteiger partial charge in [0, 0.05) is 12.8 Å². The Morgan fingerprint density at radius 1 is 1.28 bits per heavy atom. The molecule has 8 heteroatoms. The van der Waals surface area contributed by atoms with Gasteiger partial charge in [0.1, 0.15) is 9.84 Å². The van der Waals surface area contributed by atoms with E-state index in [1.54, 1.807) is 0 Å². The molecule has 0 aromatic rings. The number of rotatable bonds is 7. The minimum absolute atomic E-state index is 0.0144. The van der Waals surface area contributed by atoms with Crippen molar-refractivity contribution in [3.05, 3.63) is 0 Å². The van der Waals surface area contributed by atoms with Crippen LogP contribution in [0.25, 0.3) is 0 Å². The third-order valence-electron chi connectivity index (χ3n) is 2.87. The van der Waals surface area contributed by atoms with Crippen LogP contribution in [0, 0.1) is 5.92 Å². The Kier molecular flexibility index (Phi) is 6.03. The highest BCUT2D eigenvalue weighted by atomic mass is 32.2. The van der Waals surface area contributed by atoms with Gasteiger partial charge in [-0.1, -0.05) is 0 Å². The summed E-state index contributed by atoms with van der Waals surface area (Å²) in [6.07, 6.45) is 3.40. The zero-order valence-electron chi connectivity index (χ0n) is 10.7. The summed E-state index contributed by atoms with van der Waals surface area (Å²) in [5, 5.41) is 3.17. The van der Waals surface area contributed by atoms with E-state index in [4.69, 9.17) is 0 Å². The molecule has 1 fully saturated rings. The van der Waals surface area contributed by atoms with Crippen LogP contribution in [0.15, 0.2) is 0 Å². The van der Waals surface area contributed by atoms with Crippen molar-refractivity contribution >= 4 is 19.9 Å². The molecule has 1 aliphatic rings. The Labute approximate surface area is 110 Å². The molecular weight excluding hydrogens is 276 g/mol. The smallest absolute Gasteiger partial charge is 0.211 e. The maximum atomic E-state index is 11.7. The fourth-order valence-electron chi connectivity index (χ4n) is 2.00. The summed E-state index contributed by atoms with van der Waals surface area (Å²) in [6, 6.07) is 0. The number of hydrogen-bond acceptors (Lipinski definition) is 5. The van der Waals surface area contributed by atoms with Gasteiger partial charge >= 0.3 is 0 Å². The van der Waals surface area contributed by atoms with Gasteiger partial charge in [0.25, 0.3) is 0 Å². The Morgan fingerprint density at radius 2 is 2.00 bits per heavy atom. The molecular formula is C10H22N2O4S2. The quantitative estimate of drug-likeness (QED) is 0.609. The molecule has 0 bridgehead atoms. The molecule has 6 nitrogen and oxygen atoms in total. The normalized spacial score (nSPS) is 21.9. The second-order valence-corrected chi connectivity index (χ2v) is 8.98. The lowest BCUT2D eigenvalue weighted by Crippen LogP contribution is -2.38. The molecule has 18 heavy (non-hydrogen) atoms. The number of sulfonamides is 1. The molecule has 1 aliphatic heterocycles. The summed E-state index contributed by atoms with van der Waals surface area (Å²) in [4.78, 5) is 0. The van der Waals surface area contributed by atoms with Gasteiger partial charge in [0.05, 0.1) is 11.5 Å². The molecule has 1 saturated heterocycles. The number of nitrogens with one attached hydrogen (secondary N) is 2. The average Bonchev–Trinajstić information content (AvgIpc) is 2.24. The summed E-state index contributed by atoms with van der Waals surface area (Å²) in [7, 11) is -6.30. The van der Waals surface area contributed by atoms with E-state index in [0.717, 1.165) is 32.2 Å². The van der Waals surface area contributed by atoms with Crippen molar-refractivity contribution in [2.75, 3.05) is 37.4 Å². The Bertz CT molecular complexity index is 438. The van der Waals surface area contributed by atoms with Crippen LogP contribution >= 0.6 is 0 Å². The first-order valence-electron chi connectivity index (χ1n) is 6.14. The molecule has 1 heterocycles. The molecule has 1 rings (SSSR count). The number of hydrogen-bond donors (Lipinski definition) is 2. The standard InChI is InChI=1S/C10H22N2O4S2/c1-17(13,14)7-3-6-12-18(15,16)9-10-4-2-5-11-8-10/h10-12H,2-9H2,1H3. The van der Waals surface area contributed by atoms with Crippen molar-refractivity contribution in [3.63, 3.8) is 0 Å². The predicted octanol–water partition coefficient (Wildman–Crippen LogP) is -0.660. The SMILES string of the molecule is CS(=O)(=O)CCCNS(=O)(=O)CC1CCCNC1. The molecule has 0 radical (unpaired) electrons. The van der Waals surface area contributed by atoms with Crippen LogP contribution in [0.1, 0.15) is 19.3 Å². The fourth-order valence-corrected chi connectivity index (χ4v) is 4.14. The first-order valence-corrected chi connectivity index (χ1v) is 9.85. The van der Waals surface area contributed by atoms with Crippen LogP contribution < -0.4 is 10.0 Å². The van der Waals surface area contributed by atoms with Crippen molar-refractivity contribution in [3.8, 4) is 0 Å². The molecule has 1 unspecified atom stereocenters. The zero-order chi connectivity index (χ0) is 13.6. The van der Waals surface area contributed by atoms with Gasteiger partial charge in [-0.15, -0.1) is 0 Å². The Hall–Kier alpha value is -0.180. The van der Waals surface area contributed by atoms with Gasteiger partial charge in [-0.05, 0) is 38.3 Å². The van der Waals surface area contributed by atoms with Crippen molar-refractivity contribution in [1.82, 2.24) is 10.0 Å². The van der Waals surface area contributed by atoms with E-state index >= 15 is 0 Å². The van der Waals surface area contributed by atoms with E-state index in [9.17, 15) is 16.8 Å². The summed E-state index contributed by atoms with van der Waals surface area (Å²) in [5.74, 6) is 0.297. The van der Waals surface area contributed by atoms with E-state index in [1.807, 2.05) is 0 Å². The molecule has 0 spiro atoms. The summed E-state index contributed by atoms with van der Waals surface area (Å²) in [5.41, 5.74) is 0. The van der Waals surface area contributed by atoms with E-state index in [0.29, 0.717) is 6.42 Å². The van der Waals surface area contributed by atoms with E-state index in [-0.39, 0.29) is 24.0 Å². The first kappa shape index (κ1) is 15.9. The Balaban J connectivity index is 2.26. The lowest BCUT2D eigenvalue weighted by atomic mass is 10.0. The van der Waals surface area contributed by atoms with Gasteiger partial charge in [-0.3, -0.25) is 0 Å². The van der Waals surface area contributed by atoms with Crippen LogP contribution in [0.3, 0.4) is 0 Å². The summed E-state index contributed by atoms with van der Waals surface area (Å²) >= 11 is 0. The predicted molar refractivity (Wildman–Crippen MR) is 71.7 cm³/mol. The van der Waals surface area contributed by atoms with Gasteiger partial charge in [-0.25, -0.2) is 21.6 Å². The first-order chi connectivity index (χ1) is 8.29. The molecule has 0 aliphatic carbocycles. The van der Waals surface area contributed by atoms with Gasteiger partial charge < -0.3 is 5.32 Å². The second kappa shape index (κ2) is 6.83. The zero-order valence-corrected chi connectivity index (χ0v) is 12.3. The second-order valence-electron chi connectivity index (χ2n) is 4.87. The lowest BCUT2D eigenvalue weighted by Gasteiger charge is -2.22. The highest BCUT2D eigenvalue weighted by molar-refractivity contribution is 7.90. The topological polar surface area (TPSA) is 92.3 Å². The molecule has 0 saturated carbocycles. The number of piperidine rings is 1. The Morgan fingerprint density at radius 3 is 2.56 bits per heavy atom. The summed E-state index contributed by atoms with van der Waals surface area (Å²) < 4.78 is 47.7. The van der Waals surface area contributed by atoms with Crippen LogP contribution in [0.4, 0.5) is 0 Å². The van der Waals surface area contributed by atoms with Crippen LogP contribution in [-0.4, -0.2) is 54.2 Å². The van der Waals surface area contributed by atoms with E-state index < -0.39 is 19.9 Å². The monoisotopic (exact) mass is 298 g/mol. The third-order valence-corrected chi connectivity index (χ3v) is 5.45. The third kappa shape index (κ3) is 7.30. The maximum Gasteiger partial charge on any atom is 0.211 e. The largest absolute Gasteiger partial charge is 0.316 e. The molecule has 1 atom stereocenters. The van der Waals surface area contributed by atoms with Gasteiger partial charge in [0.15, 0.2) is 0 Å². The van der Waals surface area contributed by atoms with Gasteiger partial charge in [0.2, 0.25) is 10.0 Å².